The lowest BCUT2D eigenvalue weighted by Crippen LogP contribution is -2.38. The molecule has 2 rings (SSSR count). The average Bonchev–Trinajstić information content (AvgIpc) is 2.65. The molecular weight excluding hydrogens is 336 g/mol. The molecule has 5 heteroatoms. The first-order valence-electron chi connectivity index (χ1n) is 8.51. The monoisotopic (exact) mass is 360 g/mol. The molecule has 0 bridgehead atoms. The van der Waals surface area contributed by atoms with E-state index in [9.17, 15) is 4.79 Å². The molecule has 1 atom stereocenters. The smallest absolute Gasteiger partial charge is 0.251 e. The third-order valence-electron chi connectivity index (χ3n) is 4.33. The molecule has 2 aromatic rings. The molecule has 25 heavy (non-hydrogen) atoms. The highest BCUT2D eigenvalue weighted by Crippen LogP contribution is 2.27. The molecule has 0 aromatic heterocycles. The summed E-state index contributed by atoms with van der Waals surface area (Å²) < 4.78 is 5.13. The highest BCUT2D eigenvalue weighted by molar-refractivity contribution is 6.31. The Hall–Kier alpha value is -2.04. The van der Waals surface area contributed by atoms with Crippen LogP contribution in [-0.2, 0) is 0 Å². The molecule has 0 fully saturated rings. The van der Waals surface area contributed by atoms with Crippen molar-refractivity contribution in [2.75, 3.05) is 26.7 Å². The molecular formula is C20H25ClN2O2. The molecule has 0 saturated heterocycles. The number of hydrogen-bond donors (Lipinski definition) is 1. The van der Waals surface area contributed by atoms with Crippen LogP contribution in [0.1, 0.15) is 35.8 Å². The fourth-order valence-electron chi connectivity index (χ4n) is 2.88. The van der Waals surface area contributed by atoms with E-state index in [1.165, 1.54) is 0 Å². The van der Waals surface area contributed by atoms with E-state index in [0.29, 0.717) is 12.1 Å². The molecule has 134 valence electrons. The van der Waals surface area contributed by atoms with Gasteiger partial charge < -0.3 is 10.1 Å². The molecule has 2 aromatic carbocycles. The standard InChI is InChI=1S/C20H25ClN2O2/c1-4-23(5-2)19(17-8-6-7-9-18(17)21)14-22-20(24)15-10-12-16(25-3)13-11-15/h6-13,19H,4-5,14H2,1-3H3,(H,22,24). The SMILES string of the molecule is CCN(CC)C(CNC(=O)c1ccc(OC)cc1)c1ccccc1Cl. The van der Waals surface area contributed by atoms with Crippen molar-refractivity contribution in [1.29, 1.82) is 0 Å². The first-order chi connectivity index (χ1) is 12.1. The predicted octanol–water partition coefficient (Wildman–Crippen LogP) is 4.16. The zero-order valence-corrected chi connectivity index (χ0v) is 15.7. The maximum absolute atomic E-state index is 12.5. The van der Waals surface area contributed by atoms with Crippen molar-refractivity contribution in [2.45, 2.75) is 19.9 Å². The summed E-state index contributed by atoms with van der Waals surface area (Å²) in [4.78, 5) is 14.7. The van der Waals surface area contributed by atoms with Crippen LogP contribution in [0.3, 0.4) is 0 Å². The van der Waals surface area contributed by atoms with Crippen LogP contribution in [0, 0.1) is 0 Å². The molecule has 0 saturated carbocycles. The van der Waals surface area contributed by atoms with Crippen molar-refractivity contribution in [1.82, 2.24) is 10.2 Å². The number of ether oxygens (including phenoxy) is 1. The Kier molecular flexibility index (Phi) is 7.29. The van der Waals surface area contributed by atoms with Crippen molar-refractivity contribution in [3.63, 3.8) is 0 Å². The van der Waals surface area contributed by atoms with E-state index in [2.05, 4.69) is 24.1 Å². The van der Waals surface area contributed by atoms with Gasteiger partial charge in [-0.05, 0) is 49.0 Å². The Bertz CT molecular complexity index is 684. The molecule has 1 amide bonds. The number of nitrogens with one attached hydrogen (secondary N) is 1. The second-order valence-corrected chi connectivity index (χ2v) is 6.10. The molecule has 0 radical (unpaired) electrons. The Balaban J connectivity index is 2.13. The van der Waals surface area contributed by atoms with Crippen LogP contribution in [0.4, 0.5) is 0 Å². The predicted molar refractivity (Wildman–Crippen MR) is 102 cm³/mol. The number of carbonyl (C=O) groups excluding carboxylic acids is 1. The Morgan fingerprint density at radius 1 is 1.12 bits per heavy atom. The molecule has 1 unspecified atom stereocenters. The molecule has 1 N–H and O–H groups in total. The van der Waals surface area contributed by atoms with Crippen LogP contribution >= 0.6 is 11.6 Å². The van der Waals surface area contributed by atoms with Crippen molar-refractivity contribution in [3.05, 3.63) is 64.7 Å². The van der Waals surface area contributed by atoms with E-state index in [4.69, 9.17) is 16.3 Å². The third kappa shape index (κ3) is 4.97. The largest absolute Gasteiger partial charge is 0.497 e. The number of halogens is 1. The maximum Gasteiger partial charge on any atom is 0.251 e. The van der Waals surface area contributed by atoms with E-state index >= 15 is 0 Å². The normalized spacial score (nSPS) is 12.0. The molecule has 0 heterocycles. The van der Waals surface area contributed by atoms with Crippen molar-refractivity contribution >= 4 is 17.5 Å². The van der Waals surface area contributed by atoms with Gasteiger partial charge in [0.05, 0.1) is 13.2 Å². The van der Waals surface area contributed by atoms with Gasteiger partial charge in [-0.25, -0.2) is 0 Å². The van der Waals surface area contributed by atoms with Gasteiger partial charge in [-0.3, -0.25) is 9.69 Å². The number of rotatable bonds is 8. The van der Waals surface area contributed by atoms with Gasteiger partial charge in [0.15, 0.2) is 0 Å². The Labute approximate surface area is 154 Å². The van der Waals surface area contributed by atoms with Crippen molar-refractivity contribution in [3.8, 4) is 5.75 Å². The summed E-state index contributed by atoms with van der Waals surface area (Å²) in [5.74, 6) is 0.625. The van der Waals surface area contributed by atoms with Crippen LogP contribution in [0.2, 0.25) is 5.02 Å². The van der Waals surface area contributed by atoms with Gasteiger partial charge >= 0.3 is 0 Å². The van der Waals surface area contributed by atoms with E-state index in [0.717, 1.165) is 29.4 Å². The lowest BCUT2D eigenvalue weighted by molar-refractivity contribution is 0.0935. The minimum atomic E-state index is -0.105. The number of methoxy groups -OCH3 is 1. The summed E-state index contributed by atoms with van der Waals surface area (Å²) >= 11 is 6.39. The lowest BCUT2D eigenvalue weighted by Gasteiger charge is -2.31. The number of carbonyl (C=O) groups is 1. The Morgan fingerprint density at radius 3 is 2.32 bits per heavy atom. The summed E-state index contributed by atoms with van der Waals surface area (Å²) in [5, 5.41) is 3.75. The molecule has 0 aliphatic carbocycles. The number of nitrogens with zero attached hydrogens (tertiary/aromatic N) is 1. The minimum Gasteiger partial charge on any atom is -0.497 e. The highest BCUT2D eigenvalue weighted by Gasteiger charge is 2.21. The molecule has 0 aliphatic heterocycles. The van der Waals surface area contributed by atoms with Crippen LogP contribution < -0.4 is 10.1 Å². The number of amides is 1. The quantitative estimate of drug-likeness (QED) is 0.768. The summed E-state index contributed by atoms with van der Waals surface area (Å²) in [6.07, 6.45) is 0. The summed E-state index contributed by atoms with van der Waals surface area (Å²) in [6.45, 7) is 6.48. The van der Waals surface area contributed by atoms with Gasteiger partial charge in [0.1, 0.15) is 5.75 Å². The summed E-state index contributed by atoms with van der Waals surface area (Å²) in [5.41, 5.74) is 1.64. The minimum absolute atomic E-state index is 0.0332. The second-order valence-electron chi connectivity index (χ2n) is 5.70. The van der Waals surface area contributed by atoms with E-state index in [1.807, 2.05) is 24.3 Å². The average molecular weight is 361 g/mol. The van der Waals surface area contributed by atoms with Gasteiger partial charge in [-0.2, -0.15) is 0 Å². The number of hydrogen-bond acceptors (Lipinski definition) is 3. The van der Waals surface area contributed by atoms with E-state index < -0.39 is 0 Å². The van der Waals surface area contributed by atoms with Crippen LogP contribution in [0.5, 0.6) is 5.75 Å². The van der Waals surface area contributed by atoms with Crippen LogP contribution in [0.15, 0.2) is 48.5 Å². The van der Waals surface area contributed by atoms with Gasteiger partial charge in [-0.15, -0.1) is 0 Å². The number of likely N-dealkylation sites (N-methyl/N-ethyl adjacent to an activating group) is 1. The third-order valence-corrected chi connectivity index (χ3v) is 4.67. The van der Waals surface area contributed by atoms with E-state index in [1.54, 1.807) is 31.4 Å². The first kappa shape index (κ1) is 19.3. The van der Waals surface area contributed by atoms with Crippen LogP contribution in [-0.4, -0.2) is 37.6 Å². The van der Waals surface area contributed by atoms with Crippen LogP contribution in [0.25, 0.3) is 0 Å². The molecule has 0 spiro atoms. The fourth-order valence-corrected chi connectivity index (χ4v) is 3.14. The van der Waals surface area contributed by atoms with Gasteiger partial charge in [0.25, 0.3) is 5.91 Å². The van der Waals surface area contributed by atoms with Gasteiger partial charge in [0.2, 0.25) is 0 Å². The molecule has 0 aliphatic rings. The second kappa shape index (κ2) is 9.44. The van der Waals surface area contributed by atoms with Gasteiger partial charge in [0, 0.05) is 17.1 Å². The fraction of sp³-hybridized carbons (Fsp3) is 0.350. The summed E-state index contributed by atoms with van der Waals surface area (Å²) in [6, 6.07) is 14.9. The summed E-state index contributed by atoms with van der Waals surface area (Å²) in [7, 11) is 1.60. The zero-order chi connectivity index (χ0) is 18.2. The molecule has 4 nitrogen and oxygen atoms in total. The maximum atomic E-state index is 12.5. The first-order valence-corrected chi connectivity index (χ1v) is 8.89. The van der Waals surface area contributed by atoms with Crippen molar-refractivity contribution < 1.29 is 9.53 Å². The number of benzene rings is 2. The highest BCUT2D eigenvalue weighted by atomic mass is 35.5. The Morgan fingerprint density at radius 2 is 1.76 bits per heavy atom. The topological polar surface area (TPSA) is 41.6 Å². The van der Waals surface area contributed by atoms with Crippen molar-refractivity contribution in [2.24, 2.45) is 0 Å². The van der Waals surface area contributed by atoms with Gasteiger partial charge in [-0.1, -0.05) is 43.6 Å². The van der Waals surface area contributed by atoms with E-state index in [-0.39, 0.29) is 11.9 Å². The zero-order valence-electron chi connectivity index (χ0n) is 15.0. The lowest BCUT2D eigenvalue weighted by atomic mass is 10.0.